The van der Waals surface area contributed by atoms with Crippen LogP contribution in [0.4, 0.5) is 0 Å². The first-order chi connectivity index (χ1) is 20.1. The minimum atomic E-state index is -0.628. The van der Waals surface area contributed by atoms with E-state index in [1.54, 1.807) is 0 Å². The van der Waals surface area contributed by atoms with Gasteiger partial charge in [-0.2, -0.15) is 0 Å². The number of para-hydroxylation sites is 1. The molecule has 0 unspecified atom stereocenters. The molecule has 1 N–H and O–H groups in total. The Labute approximate surface area is 238 Å². The van der Waals surface area contributed by atoms with E-state index in [4.69, 9.17) is 9.15 Å². The zero-order chi connectivity index (χ0) is 28.3. The lowest BCUT2D eigenvalue weighted by molar-refractivity contribution is -0.138. The second kappa shape index (κ2) is 14.0. The van der Waals surface area contributed by atoms with Crippen molar-refractivity contribution in [1.82, 2.24) is 20.5 Å². The van der Waals surface area contributed by atoms with Crippen LogP contribution in [0.5, 0.6) is 5.75 Å². The van der Waals surface area contributed by atoms with Crippen LogP contribution in [0.2, 0.25) is 0 Å². The van der Waals surface area contributed by atoms with Gasteiger partial charge in [-0.3, -0.25) is 9.59 Å². The van der Waals surface area contributed by atoms with Gasteiger partial charge in [0.25, 0.3) is 5.91 Å². The number of ketones is 1. The fourth-order valence-corrected chi connectivity index (χ4v) is 4.46. The van der Waals surface area contributed by atoms with Crippen molar-refractivity contribution in [2.75, 3.05) is 0 Å². The van der Waals surface area contributed by atoms with Gasteiger partial charge in [-0.25, -0.2) is 4.98 Å². The molecule has 2 heterocycles. The normalized spacial score (nSPS) is 10.9. The summed E-state index contributed by atoms with van der Waals surface area (Å²) in [6.07, 6.45) is 4.99. The Morgan fingerprint density at radius 2 is 1.56 bits per heavy atom. The van der Waals surface area contributed by atoms with Gasteiger partial charge in [0.2, 0.25) is 17.6 Å². The molecule has 0 saturated heterocycles. The predicted molar refractivity (Wildman–Crippen MR) is 156 cm³/mol. The monoisotopic (exact) mass is 548 g/mol. The molecular weight excluding hydrogens is 516 g/mol. The summed E-state index contributed by atoms with van der Waals surface area (Å²) < 4.78 is 11.6. The number of aromatic nitrogens is 3. The highest BCUT2D eigenvalue weighted by Crippen LogP contribution is 2.22. The van der Waals surface area contributed by atoms with Gasteiger partial charge in [0.05, 0.1) is 17.8 Å². The molecule has 8 heteroatoms. The Balaban J connectivity index is 1.01. The number of pyridine rings is 1. The molecule has 3 aromatic carbocycles. The Kier molecular flexibility index (Phi) is 9.45. The predicted octanol–water partition coefficient (Wildman–Crippen LogP) is 6.24. The average molecular weight is 549 g/mol. The third kappa shape index (κ3) is 8.08. The maximum absolute atomic E-state index is 12.2. The van der Waals surface area contributed by atoms with Crippen LogP contribution in [0.15, 0.2) is 95.4 Å². The number of ether oxygens (including phenoxy) is 1. The van der Waals surface area contributed by atoms with Crippen molar-refractivity contribution in [1.29, 1.82) is 0 Å². The van der Waals surface area contributed by atoms with Crippen LogP contribution >= 0.6 is 0 Å². The van der Waals surface area contributed by atoms with Crippen molar-refractivity contribution in [3.8, 4) is 17.2 Å². The number of carbonyl (C=O) groups is 2. The number of amides is 1. The van der Waals surface area contributed by atoms with Crippen LogP contribution in [-0.4, -0.2) is 26.9 Å². The standard InChI is InChI=1S/C33H32N4O4/c38-30(15-7-2-1-4-10-24-11-5-3-6-12-24)32(39)34-22-31-36-37-33(41-31)26-17-20-28(21-18-26)40-23-27-19-16-25-13-8-9-14-29(25)35-27/h3,5-6,8-9,11-14,16-21H,1-2,4,7,10,15,22-23H2,(H,34,39). The van der Waals surface area contributed by atoms with E-state index in [0.717, 1.165) is 47.8 Å². The number of carbonyl (C=O) groups excluding carboxylic acids is 2. The Hall–Kier alpha value is -4.85. The third-order valence-corrected chi connectivity index (χ3v) is 6.73. The van der Waals surface area contributed by atoms with Crippen molar-refractivity contribution in [3.05, 3.63) is 108 Å². The number of benzene rings is 3. The summed E-state index contributed by atoms with van der Waals surface area (Å²) >= 11 is 0. The molecule has 0 fully saturated rings. The molecule has 8 nitrogen and oxygen atoms in total. The minimum absolute atomic E-state index is 0.00536. The lowest BCUT2D eigenvalue weighted by atomic mass is 10.0. The molecule has 0 aliphatic heterocycles. The smallest absolute Gasteiger partial charge is 0.287 e. The zero-order valence-corrected chi connectivity index (χ0v) is 22.8. The highest BCUT2D eigenvalue weighted by molar-refractivity contribution is 6.36. The van der Waals surface area contributed by atoms with E-state index in [2.05, 4.69) is 32.6 Å². The van der Waals surface area contributed by atoms with Gasteiger partial charge in [0.15, 0.2) is 0 Å². The maximum atomic E-state index is 12.2. The molecule has 0 aliphatic rings. The summed E-state index contributed by atoms with van der Waals surface area (Å²) in [6, 6.07) is 29.6. The van der Waals surface area contributed by atoms with Gasteiger partial charge in [-0.1, -0.05) is 67.4 Å². The molecule has 0 aliphatic carbocycles. The second-order valence-electron chi connectivity index (χ2n) is 9.81. The second-order valence-corrected chi connectivity index (χ2v) is 9.81. The van der Waals surface area contributed by atoms with Gasteiger partial charge >= 0.3 is 0 Å². The van der Waals surface area contributed by atoms with E-state index in [1.165, 1.54) is 5.56 Å². The Bertz CT molecular complexity index is 1580. The topological polar surface area (TPSA) is 107 Å². The summed E-state index contributed by atoms with van der Waals surface area (Å²) in [4.78, 5) is 29.0. The van der Waals surface area contributed by atoms with Crippen LogP contribution in [-0.2, 0) is 29.2 Å². The zero-order valence-electron chi connectivity index (χ0n) is 22.8. The Morgan fingerprint density at radius 3 is 2.41 bits per heavy atom. The summed E-state index contributed by atoms with van der Waals surface area (Å²) in [5.74, 6) is 0.174. The number of nitrogens with zero attached hydrogens (tertiary/aromatic N) is 3. The molecule has 208 valence electrons. The van der Waals surface area contributed by atoms with Crippen molar-refractivity contribution in [3.63, 3.8) is 0 Å². The van der Waals surface area contributed by atoms with Crippen LogP contribution in [0.25, 0.3) is 22.4 Å². The molecule has 2 aromatic heterocycles. The quantitative estimate of drug-likeness (QED) is 0.129. The van der Waals surface area contributed by atoms with Gasteiger partial charge in [-0.15, -0.1) is 10.2 Å². The molecule has 41 heavy (non-hydrogen) atoms. The van der Waals surface area contributed by atoms with Crippen molar-refractivity contribution >= 4 is 22.6 Å². The van der Waals surface area contributed by atoms with Gasteiger partial charge < -0.3 is 14.5 Å². The van der Waals surface area contributed by atoms with Crippen LogP contribution in [0.1, 0.15) is 49.3 Å². The van der Waals surface area contributed by atoms with Gasteiger partial charge in [0.1, 0.15) is 12.4 Å². The molecular formula is C33H32N4O4. The highest BCUT2D eigenvalue weighted by atomic mass is 16.5. The number of nitrogens with one attached hydrogen (secondary N) is 1. The van der Waals surface area contributed by atoms with E-state index >= 15 is 0 Å². The van der Waals surface area contributed by atoms with Crippen molar-refractivity contribution < 1.29 is 18.7 Å². The van der Waals surface area contributed by atoms with E-state index in [-0.39, 0.29) is 18.9 Å². The van der Waals surface area contributed by atoms with Gasteiger partial charge in [0, 0.05) is 17.4 Å². The summed E-state index contributed by atoms with van der Waals surface area (Å²) in [6.45, 7) is 0.343. The molecule has 0 saturated carbocycles. The largest absolute Gasteiger partial charge is 0.487 e. The van der Waals surface area contributed by atoms with Gasteiger partial charge in [-0.05, 0) is 61.2 Å². The number of fused-ring (bicyclic) bond motifs is 1. The molecule has 1 amide bonds. The van der Waals surface area contributed by atoms with Crippen molar-refractivity contribution in [2.24, 2.45) is 0 Å². The molecule has 0 atom stereocenters. The minimum Gasteiger partial charge on any atom is -0.487 e. The maximum Gasteiger partial charge on any atom is 0.287 e. The van der Waals surface area contributed by atoms with E-state index in [9.17, 15) is 9.59 Å². The highest BCUT2D eigenvalue weighted by Gasteiger charge is 2.15. The van der Waals surface area contributed by atoms with E-state index in [1.807, 2.05) is 78.9 Å². The number of hydrogen-bond acceptors (Lipinski definition) is 7. The number of aryl methyl sites for hydroxylation is 1. The van der Waals surface area contributed by atoms with Crippen molar-refractivity contribution in [2.45, 2.75) is 51.7 Å². The Morgan fingerprint density at radius 1 is 0.780 bits per heavy atom. The van der Waals surface area contributed by atoms with Crippen LogP contribution in [0, 0.1) is 0 Å². The number of Topliss-reactive ketones (excluding diaryl/α,β-unsaturated/α-hetero) is 1. The lowest BCUT2D eigenvalue weighted by Gasteiger charge is -2.07. The molecule has 0 radical (unpaired) electrons. The first kappa shape index (κ1) is 27.7. The molecule has 0 bridgehead atoms. The fraction of sp³-hybridized carbons (Fsp3) is 0.242. The van der Waals surface area contributed by atoms with E-state index < -0.39 is 11.7 Å². The van der Waals surface area contributed by atoms with Crippen LogP contribution in [0.3, 0.4) is 0 Å². The fourth-order valence-electron chi connectivity index (χ4n) is 4.46. The molecule has 5 rings (SSSR count). The van der Waals surface area contributed by atoms with Crippen LogP contribution < -0.4 is 10.1 Å². The lowest BCUT2D eigenvalue weighted by Crippen LogP contribution is -2.30. The first-order valence-corrected chi connectivity index (χ1v) is 13.9. The molecule has 5 aromatic rings. The number of hydrogen-bond donors (Lipinski definition) is 1. The average Bonchev–Trinajstić information content (AvgIpc) is 3.50. The molecule has 0 spiro atoms. The van der Waals surface area contributed by atoms with E-state index in [0.29, 0.717) is 24.7 Å². The first-order valence-electron chi connectivity index (χ1n) is 13.9. The third-order valence-electron chi connectivity index (χ3n) is 6.73. The SMILES string of the molecule is O=C(CCCCCCc1ccccc1)C(=O)NCc1nnc(-c2ccc(OCc3ccc4ccccc4n3)cc2)o1. The summed E-state index contributed by atoms with van der Waals surface area (Å²) in [7, 11) is 0. The summed E-state index contributed by atoms with van der Waals surface area (Å²) in [5.41, 5.74) is 3.81. The number of unbranched alkanes of at least 4 members (excludes halogenated alkanes) is 3. The summed E-state index contributed by atoms with van der Waals surface area (Å²) in [5, 5.41) is 11.7. The number of rotatable bonds is 14.